The number of phenols is 3. The van der Waals surface area contributed by atoms with Crippen LogP contribution in [0.25, 0.3) is 11.3 Å². The third-order valence-electron chi connectivity index (χ3n) is 5.71. The van der Waals surface area contributed by atoms with Crippen LogP contribution in [0.2, 0.25) is 0 Å². The van der Waals surface area contributed by atoms with Crippen LogP contribution in [0.4, 0.5) is 0 Å². The highest BCUT2D eigenvalue weighted by Crippen LogP contribution is 2.37. The van der Waals surface area contributed by atoms with Crippen molar-refractivity contribution in [3.8, 4) is 40.0 Å². The van der Waals surface area contributed by atoms with Crippen molar-refractivity contribution in [2.45, 2.75) is 38.1 Å². The minimum atomic E-state index is -0.585. The third kappa shape index (κ3) is 4.83. The molecule has 33 heavy (non-hydrogen) atoms. The summed E-state index contributed by atoms with van der Waals surface area (Å²) in [6, 6.07) is 8.59. The highest BCUT2D eigenvalue weighted by atomic mass is 32.1. The Morgan fingerprint density at radius 3 is 2.52 bits per heavy atom. The zero-order chi connectivity index (χ0) is 23.4. The van der Waals surface area contributed by atoms with Gasteiger partial charge in [-0.05, 0) is 37.1 Å². The molecule has 0 atom stereocenters. The molecule has 1 heterocycles. The molecule has 3 N–H and O–H groups in total. The largest absolute Gasteiger partial charge is 0.504 e. The van der Waals surface area contributed by atoms with E-state index in [1.165, 1.54) is 48.9 Å². The molecule has 174 valence electrons. The lowest BCUT2D eigenvalue weighted by Gasteiger charge is -2.17. The lowest BCUT2D eigenvalue weighted by atomic mass is 9.96. The molecule has 0 unspecified atom stereocenters. The van der Waals surface area contributed by atoms with Crippen molar-refractivity contribution in [1.29, 1.82) is 0 Å². The summed E-state index contributed by atoms with van der Waals surface area (Å²) >= 11 is 1.48. The van der Waals surface area contributed by atoms with E-state index < -0.39 is 17.2 Å². The first-order chi connectivity index (χ1) is 16.0. The molecular formula is C24H27N3O5S. The molecule has 0 amide bonds. The van der Waals surface area contributed by atoms with Gasteiger partial charge in [0.25, 0.3) is 0 Å². The van der Waals surface area contributed by atoms with Crippen LogP contribution in [0.1, 0.15) is 37.7 Å². The number of methoxy groups -OCH3 is 2. The van der Waals surface area contributed by atoms with E-state index in [1.54, 1.807) is 18.9 Å². The second-order valence-electron chi connectivity index (χ2n) is 7.82. The van der Waals surface area contributed by atoms with Crippen molar-refractivity contribution in [3.63, 3.8) is 0 Å². The van der Waals surface area contributed by atoms with Gasteiger partial charge >= 0.3 is 0 Å². The van der Waals surface area contributed by atoms with Crippen molar-refractivity contribution < 1.29 is 24.8 Å². The summed E-state index contributed by atoms with van der Waals surface area (Å²) in [5.41, 5.74) is 1.85. The maximum atomic E-state index is 10.2. The van der Waals surface area contributed by atoms with Crippen LogP contribution in [-0.4, -0.2) is 46.5 Å². The SMILES string of the molecule is COc1ccc(-c2csc(=NC3CCCCC3)n2N=Cc2ccc(O)c(O)c2O)c(OC)c1. The van der Waals surface area contributed by atoms with Gasteiger partial charge in [0.1, 0.15) is 11.5 Å². The molecule has 1 fully saturated rings. The Hall–Kier alpha value is -3.46. The fourth-order valence-electron chi connectivity index (χ4n) is 3.87. The Bertz CT molecular complexity index is 1230. The molecule has 1 aliphatic rings. The number of nitrogens with zero attached hydrogens (tertiary/aromatic N) is 3. The normalized spacial score (nSPS) is 15.3. The van der Waals surface area contributed by atoms with Crippen LogP contribution in [0.3, 0.4) is 0 Å². The maximum Gasteiger partial charge on any atom is 0.206 e. The van der Waals surface area contributed by atoms with Crippen molar-refractivity contribution in [2.24, 2.45) is 10.1 Å². The van der Waals surface area contributed by atoms with E-state index in [4.69, 9.17) is 14.5 Å². The van der Waals surface area contributed by atoms with Crippen molar-refractivity contribution in [3.05, 3.63) is 46.1 Å². The van der Waals surface area contributed by atoms with Gasteiger partial charge in [-0.3, -0.25) is 4.99 Å². The van der Waals surface area contributed by atoms with E-state index in [1.807, 2.05) is 23.6 Å². The number of aromatic nitrogens is 1. The Kier molecular flexibility index (Phi) is 6.88. The van der Waals surface area contributed by atoms with E-state index in [9.17, 15) is 15.3 Å². The first-order valence-electron chi connectivity index (χ1n) is 10.8. The Labute approximate surface area is 195 Å². The number of phenolic OH excluding ortho intramolecular Hbond substituents is 3. The third-order valence-corrected chi connectivity index (χ3v) is 6.54. The summed E-state index contributed by atoms with van der Waals surface area (Å²) in [7, 11) is 3.20. The predicted octanol–water partition coefficient (Wildman–Crippen LogP) is 4.47. The summed E-state index contributed by atoms with van der Waals surface area (Å²) in [4.78, 5) is 5.70. The van der Waals surface area contributed by atoms with Gasteiger partial charge < -0.3 is 24.8 Å². The van der Waals surface area contributed by atoms with Crippen LogP contribution < -0.4 is 14.3 Å². The Morgan fingerprint density at radius 1 is 1.00 bits per heavy atom. The molecule has 3 aromatic rings. The maximum absolute atomic E-state index is 10.2. The second kappa shape index (κ2) is 9.99. The van der Waals surface area contributed by atoms with Crippen LogP contribution >= 0.6 is 11.3 Å². The number of hydrogen-bond acceptors (Lipinski definition) is 8. The van der Waals surface area contributed by atoms with Gasteiger partial charge in [-0.25, -0.2) is 4.68 Å². The highest BCUT2D eigenvalue weighted by molar-refractivity contribution is 7.07. The molecule has 0 saturated heterocycles. The Balaban J connectivity index is 1.83. The van der Waals surface area contributed by atoms with Crippen molar-refractivity contribution >= 4 is 17.6 Å². The molecule has 0 spiro atoms. The summed E-state index contributed by atoms with van der Waals surface area (Å²) < 4.78 is 12.6. The number of hydrogen-bond donors (Lipinski definition) is 3. The first-order valence-corrected chi connectivity index (χ1v) is 11.6. The first kappa shape index (κ1) is 22.7. The Morgan fingerprint density at radius 2 is 1.79 bits per heavy atom. The molecule has 9 heteroatoms. The highest BCUT2D eigenvalue weighted by Gasteiger charge is 2.17. The van der Waals surface area contributed by atoms with Gasteiger partial charge in [-0.2, -0.15) is 5.10 Å². The molecule has 1 aliphatic carbocycles. The molecule has 0 bridgehead atoms. The van der Waals surface area contributed by atoms with Gasteiger partial charge in [0.2, 0.25) is 10.6 Å². The van der Waals surface area contributed by atoms with Gasteiger partial charge in [-0.1, -0.05) is 19.3 Å². The fourth-order valence-corrected chi connectivity index (χ4v) is 4.77. The molecule has 4 rings (SSSR count). The fraction of sp³-hybridized carbons (Fsp3) is 0.333. The van der Waals surface area contributed by atoms with E-state index in [-0.39, 0.29) is 11.6 Å². The standard InChI is InChI=1S/C24H27N3O5S/c1-31-17-9-10-18(21(12-17)32-2)19-14-33-24(26-16-6-4-3-5-7-16)27(19)25-13-15-8-11-20(28)23(30)22(15)29/h8-14,16,28-30H,3-7H2,1-2H3. The van der Waals surface area contributed by atoms with Gasteiger partial charge in [0.05, 0.1) is 32.2 Å². The summed E-state index contributed by atoms with van der Waals surface area (Å²) in [5, 5.41) is 36.2. The van der Waals surface area contributed by atoms with Gasteiger partial charge in [-0.15, -0.1) is 11.3 Å². The zero-order valence-corrected chi connectivity index (χ0v) is 19.4. The minimum absolute atomic E-state index is 0.246. The van der Waals surface area contributed by atoms with Crippen LogP contribution in [0.15, 0.2) is 45.8 Å². The molecule has 8 nitrogen and oxygen atoms in total. The van der Waals surface area contributed by atoms with Crippen molar-refractivity contribution in [2.75, 3.05) is 14.2 Å². The number of benzene rings is 2. The smallest absolute Gasteiger partial charge is 0.206 e. The average Bonchev–Trinajstić information content (AvgIpc) is 3.24. The summed E-state index contributed by atoms with van der Waals surface area (Å²) in [6.07, 6.45) is 7.11. The van der Waals surface area contributed by atoms with Crippen LogP contribution in [-0.2, 0) is 0 Å². The van der Waals surface area contributed by atoms with Crippen LogP contribution in [0.5, 0.6) is 28.7 Å². The molecule has 0 radical (unpaired) electrons. The van der Waals surface area contributed by atoms with E-state index >= 15 is 0 Å². The topological polar surface area (TPSA) is 109 Å². The number of thiazole rings is 1. The molecule has 2 aromatic carbocycles. The van der Waals surface area contributed by atoms with Crippen molar-refractivity contribution in [1.82, 2.24) is 4.68 Å². The molecule has 0 aliphatic heterocycles. The van der Waals surface area contributed by atoms with E-state index in [2.05, 4.69) is 5.10 Å². The number of rotatable bonds is 6. The lowest BCUT2D eigenvalue weighted by Crippen LogP contribution is -2.19. The molecule has 1 aromatic heterocycles. The van der Waals surface area contributed by atoms with E-state index in [0.717, 1.165) is 28.9 Å². The number of aromatic hydroxyl groups is 3. The molecule has 1 saturated carbocycles. The minimum Gasteiger partial charge on any atom is -0.504 e. The summed E-state index contributed by atoms with van der Waals surface area (Å²) in [5.74, 6) is -0.116. The second-order valence-corrected chi connectivity index (χ2v) is 8.65. The summed E-state index contributed by atoms with van der Waals surface area (Å²) in [6.45, 7) is 0. The van der Waals surface area contributed by atoms with Gasteiger partial charge in [0.15, 0.2) is 11.5 Å². The zero-order valence-electron chi connectivity index (χ0n) is 18.6. The average molecular weight is 470 g/mol. The predicted molar refractivity (Wildman–Crippen MR) is 128 cm³/mol. The number of ether oxygens (including phenoxy) is 2. The quantitative estimate of drug-likeness (QED) is 0.365. The van der Waals surface area contributed by atoms with Crippen LogP contribution in [0, 0.1) is 0 Å². The van der Waals surface area contributed by atoms with Gasteiger partial charge in [0, 0.05) is 22.6 Å². The van der Waals surface area contributed by atoms with E-state index in [0.29, 0.717) is 11.5 Å². The lowest BCUT2D eigenvalue weighted by molar-refractivity contribution is 0.367. The molecular weight excluding hydrogens is 442 g/mol. The monoisotopic (exact) mass is 469 g/mol.